The summed E-state index contributed by atoms with van der Waals surface area (Å²) in [6.45, 7) is 6.05. The highest BCUT2D eigenvalue weighted by Gasteiger charge is 2.07. The first-order chi connectivity index (χ1) is 9.43. The molecule has 0 saturated heterocycles. The highest BCUT2D eigenvalue weighted by molar-refractivity contribution is 7.78. The van der Waals surface area contributed by atoms with Crippen LogP contribution in [0.3, 0.4) is 0 Å². The SMILES string of the molecule is CC(C)C(=O)/C=C/c1cc(O[C@@H](C)CNS)ccc1F. The summed E-state index contributed by atoms with van der Waals surface area (Å²) in [5.41, 5.74) is 0.336. The van der Waals surface area contributed by atoms with Crippen molar-refractivity contribution >= 4 is 24.7 Å². The van der Waals surface area contributed by atoms with Gasteiger partial charge in [0.05, 0.1) is 0 Å². The Hall–Kier alpha value is -1.33. The maximum atomic E-state index is 13.7. The lowest BCUT2D eigenvalue weighted by Crippen LogP contribution is -2.23. The Morgan fingerprint density at radius 2 is 2.15 bits per heavy atom. The van der Waals surface area contributed by atoms with Crippen LogP contribution in [0.15, 0.2) is 24.3 Å². The number of hydrogen-bond donors (Lipinski definition) is 2. The molecule has 1 aromatic rings. The molecule has 1 aromatic carbocycles. The van der Waals surface area contributed by atoms with Gasteiger partial charge in [-0.3, -0.25) is 9.52 Å². The predicted molar refractivity (Wildman–Crippen MR) is 82.4 cm³/mol. The van der Waals surface area contributed by atoms with Crippen molar-refractivity contribution in [1.29, 1.82) is 0 Å². The second kappa shape index (κ2) is 8.07. The third-order valence-electron chi connectivity index (χ3n) is 2.68. The van der Waals surface area contributed by atoms with Crippen LogP contribution in [0.25, 0.3) is 6.08 Å². The Labute approximate surface area is 124 Å². The van der Waals surface area contributed by atoms with E-state index in [9.17, 15) is 9.18 Å². The first kappa shape index (κ1) is 16.7. The Bertz CT molecular complexity index is 489. The lowest BCUT2D eigenvalue weighted by Gasteiger charge is -2.14. The van der Waals surface area contributed by atoms with Crippen molar-refractivity contribution < 1.29 is 13.9 Å². The standard InChI is InChI=1S/C15H20FNO2S/c1-10(2)15(18)7-4-12-8-13(5-6-14(12)16)19-11(3)9-17-20/h4-8,10-11,17,20H,9H2,1-3H3/b7-4+/t11-/m0/s1. The molecule has 20 heavy (non-hydrogen) atoms. The predicted octanol–water partition coefficient (Wildman–Crippen LogP) is 3.27. The van der Waals surface area contributed by atoms with E-state index in [1.807, 2.05) is 6.92 Å². The highest BCUT2D eigenvalue weighted by atomic mass is 32.1. The number of carbonyl (C=O) groups excluding carboxylic acids is 1. The third-order valence-corrected chi connectivity index (χ3v) is 2.86. The maximum Gasteiger partial charge on any atom is 0.158 e. The number of thiol groups is 1. The van der Waals surface area contributed by atoms with Crippen molar-refractivity contribution in [3.63, 3.8) is 0 Å². The third kappa shape index (κ3) is 5.35. The van der Waals surface area contributed by atoms with Crippen LogP contribution in [-0.2, 0) is 4.79 Å². The zero-order valence-electron chi connectivity index (χ0n) is 11.9. The molecule has 5 heteroatoms. The van der Waals surface area contributed by atoms with Gasteiger partial charge in [-0.05, 0) is 37.3 Å². The first-order valence-corrected chi connectivity index (χ1v) is 6.93. The summed E-state index contributed by atoms with van der Waals surface area (Å²) >= 11 is 3.90. The lowest BCUT2D eigenvalue weighted by molar-refractivity contribution is -0.117. The van der Waals surface area contributed by atoms with E-state index in [0.29, 0.717) is 17.9 Å². The molecule has 0 aromatic heterocycles. The molecule has 110 valence electrons. The van der Waals surface area contributed by atoms with Crippen LogP contribution in [0.4, 0.5) is 4.39 Å². The van der Waals surface area contributed by atoms with E-state index in [2.05, 4.69) is 17.5 Å². The average Bonchev–Trinajstić information content (AvgIpc) is 2.39. The molecule has 0 fully saturated rings. The number of rotatable bonds is 7. The van der Waals surface area contributed by atoms with Crippen LogP contribution in [-0.4, -0.2) is 18.4 Å². The largest absolute Gasteiger partial charge is 0.489 e. The van der Waals surface area contributed by atoms with E-state index in [4.69, 9.17) is 4.74 Å². The summed E-state index contributed by atoms with van der Waals surface area (Å²) in [6, 6.07) is 4.47. The average molecular weight is 297 g/mol. The number of allylic oxidation sites excluding steroid dienone is 1. The van der Waals surface area contributed by atoms with Gasteiger partial charge in [-0.15, -0.1) is 0 Å². The van der Waals surface area contributed by atoms with E-state index in [0.717, 1.165) is 0 Å². The highest BCUT2D eigenvalue weighted by Crippen LogP contribution is 2.19. The number of hydrogen-bond acceptors (Lipinski definition) is 4. The van der Waals surface area contributed by atoms with E-state index in [1.165, 1.54) is 18.2 Å². The molecular formula is C15H20FNO2S. The summed E-state index contributed by atoms with van der Waals surface area (Å²) < 4.78 is 22.0. The molecule has 0 unspecified atom stereocenters. The number of nitrogens with one attached hydrogen (secondary N) is 1. The maximum absolute atomic E-state index is 13.7. The first-order valence-electron chi connectivity index (χ1n) is 6.49. The molecule has 1 N–H and O–H groups in total. The van der Waals surface area contributed by atoms with Gasteiger partial charge < -0.3 is 4.74 Å². The lowest BCUT2D eigenvalue weighted by atomic mass is 10.1. The van der Waals surface area contributed by atoms with Gasteiger partial charge in [-0.25, -0.2) is 4.39 Å². The molecule has 0 aliphatic carbocycles. The van der Waals surface area contributed by atoms with E-state index in [-0.39, 0.29) is 23.6 Å². The van der Waals surface area contributed by atoms with Crippen molar-refractivity contribution in [3.8, 4) is 5.75 Å². The normalized spacial score (nSPS) is 12.9. The Morgan fingerprint density at radius 3 is 2.75 bits per heavy atom. The molecule has 0 radical (unpaired) electrons. The second-order valence-electron chi connectivity index (χ2n) is 4.86. The minimum absolute atomic E-state index is 0.0386. The smallest absolute Gasteiger partial charge is 0.158 e. The topological polar surface area (TPSA) is 38.3 Å². The fourth-order valence-electron chi connectivity index (χ4n) is 1.49. The van der Waals surface area contributed by atoms with Crippen molar-refractivity contribution in [3.05, 3.63) is 35.7 Å². The van der Waals surface area contributed by atoms with Gasteiger partial charge >= 0.3 is 0 Å². The van der Waals surface area contributed by atoms with Crippen molar-refractivity contribution in [2.45, 2.75) is 26.9 Å². The minimum atomic E-state index is -0.384. The van der Waals surface area contributed by atoms with Gasteiger partial charge in [0.2, 0.25) is 0 Å². The van der Waals surface area contributed by atoms with Crippen LogP contribution >= 0.6 is 12.8 Å². The van der Waals surface area contributed by atoms with Gasteiger partial charge in [-0.1, -0.05) is 26.7 Å². The van der Waals surface area contributed by atoms with Crippen LogP contribution in [0.5, 0.6) is 5.75 Å². The Morgan fingerprint density at radius 1 is 1.45 bits per heavy atom. The summed E-state index contributed by atoms with van der Waals surface area (Å²) in [4.78, 5) is 11.5. The van der Waals surface area contributed by atoms with E-state index >= 15 is 0 Å². The Balaban J connectivity index is 2.84. The quantitative estimate of drug-likeness (QED) is 0.599. The van der Waals surface area contributed by atoms with E-state index < -0.39 is 0 Å². The van der Waals surface area contributed by atoms with Crippen LogP contribution in [0, 0.1) is 11.7 Å². The molecule has 0 spiro atoms. The molecule has 0 heterocycles. The minimum Gasteiger partial charge on any atom is -0.489 e. The fraction of sp³-hybridized carbons (Fsp3) is 0.400. The number of ketones is 1. The van der Waals surface area contributed by atoms with E-state index in [1.54, 1.807) is 26.0 Å². The van der Waals surface area contributed by atoms with Crippen LogP contribution < -0.4 is 9.46 Å². The molecule has 0 saturated carbocycles. The van der Waals surface area contributed by atoms with Gasteiger partial charge in [0.15, 0.2) is 5.78 Å². The molecule has 3 nitrogen and oxygen atoms in total. The number of halogens is 1. The molecule has 1 rings (SSSR count). The van der Waals surface area contributed by atoms with Gasteiger partial charge in [-0.2, -0.15) is 0 Å². The number of benzene rings is 1. The molecule has 0 aliphatic heterocycles. The number of carbonyl (C=O) groups is 1. The van der Waals surface area contributed by atoms with Gasteiger partial charge in [0.1, 0.15) is 17.7 Å². The molecule has 0 bridgehead atoms. The molecule has 0 amide bonds. The zero-order chi connectivity index (χ0) is 15.1. The summed E-state index contributed by atoms with van der Waals surface area (Å²) in [5, 5.41) is 0. The summed E-state index contributed by atoms with van der Waals surface area (Å²) in [6.07, 6.45) is 2.78. The fourth-order valence-corrected chi connectivity index (χ4v) is 1.75. The summed E-state index contributed by atoms with van der Waals surface area (Å²) in [7, 11) is 0. The number of ether oxygens (including phenoxy) is 1. The van der Waals surface area contributed by atoms with Crippen LogP contribution in [0.1, 0.15) is 26.3 Å². The van der Waals surface area contributed by atoms with Crippen molar-refractivity contribution in [2.75, 3.05) is 6.54 Å². The van der Waals surface area contributed by atoms with Crippen LogP contribution in [0.2, 0.25) is 0 Å². The Kier molecular flexibility index (Phi) is 6.75. The second-order valence-corrected chi connectivity index (χ2v) is 5.18. The van der Waals surface area contributed by atoms with Crippen molar-refractivity contribution in [2.24, 2.45) is 5.92 Å². The summed E-state index contributed by atoms with van der Waals surface area (Å²) in [5.74, 6) is 0.0304. The van der Waals surface area contributed by atoms with Crippen molar-refractivity contribution in [1.82, 2.24) is 4.72 Å². The van der Waals surface area contributed by atoms with Gasteiger partial charge in [0, 0.05) is 18.0 Å². The molecular weight excluding hydrogens is 277 g/mol. The van der Waals surface area contributed by atoms with Gasteiger partial charge in [0.25, 0.3) is 0 Å². The zero-order valence-corrected chi connectivity index (χ0v) is 12.8. The molecule has 0 aliphatic rings. The monoisotopic (exact) mass is 297 g/mol. The molecule has 1 atom stereocenters.